The Hall–Kier alpha value is -1.75. The van der Waals surface area contributed by atoms with E-state index in [2.05, 4.69) is 5.32 Å². The Morgan fingerprint density at radius 1 is 1.14 bits per heavy atom. The Labute approximate surface area is 126 Å². The molecular weight excluding hydrogens is 268 g/mol. The van der Waals surface area contributed by atoms with Crippen LogP contribution in [0.4, 0.5) is 0 Å². The number of rotatable bonds is 8. The number of likely N-dealkylation sites (tertiary alicyclic amines) is 1. The van der Waals surface area contributed by atoms with Crippen molar-refractivity contribution in [1.29, 1.82) is 0 Å². The van der Waals surface area contributed by atoms with Crippen LogP contribution in [0.15, 0.2) is 24.3 Å². The molecule has 5 nitrogen and oxygen atoms in total. The molecule has 2 rings (SSSR count). The summed E-state index contributed by atoms with van der Waals surface area (Å²) < 4.78 is 10.7. The first kappa shape index (κ1) is 15.6. The molecule has 1 aliphatic heterocycles. The molecule has 1 aromatic rings. The average molecular weight is 292 g/mol. The van der Waals surface area contributed by atoms with Crippen molar-refractivity contribution in [2.45, 2.75) is 19.3 Å². The van der Waals surface area contributed by atoms with E-state index in [0.29, 0.717) is 19.6 Å². The summed E-state index contributed by atoms with van der Waals surface area (Å²) in [5, 5.41) is 3.24. The van der Waals surface area contributed by atoms with Crippen molar-refractivity contribution in [3.05, 3.63) is 24.3 Å². The summed E-state index contributed by atoms with van der Waals surface area (Å²) in [4.78, 5) is 13.8. The molecule has 1 N–H and O–H groups in total. The van der Waals surface area contributed by atoms with Gasteiger partial charge < -0.3 is 19.7 Å². The average Bonchev–Trinajstić information content (AvgIpc) is 3.05. The highest BCUT2D eigenvalue weighted by atomic mass is 16.5. The summed E-state index contributed by atoms with van der Waals surface area (Å²) in [5.74, 6) is 1.91. The molecule has 21 heavy (non-hydrogen) atoms. The van der Waals surface area contributed by atoms with Gasteiger partial charge in [-0.25, -0.2) is 0 Å². The lowest BCUT2D eigenvalue weighted by Gasteiger charge is -2.15. The van der Waals surface area contributed by atoms with Gasteiger partial charge in [0.1, 0.15) is 18.1 Å². The monoisotopic (exact) mass is 292 g/mol. The summed E-state index contributed by atoms with van der Waals surface area (Å²) >= 11 is 0. The quantitative estimate of drug-likeness (QED) is 0.741. The highest BCUT2D eigenvalue weighted by Gasteiger charge is 2.16. The molecule has 0 radical (unpaired) electrons. The molecule has 0 unspecified atom stereocenters. The molecule has 5 heteroatoms. The van der Waals surface area contributed by atoms with Crippen molar-refractivity contribution in [3.63, 3.8) is 0 Å². The maximum Gasteiger partial charge on any atom is 0.223 e. The lowest BCUT2D eigenvalue weighted by Crippen LogP contribution is -2.31. The SMILES string of the molecule is COc1ccc(OCCNCCC(=O)N2CCCC2)cc1. The van der Waals surface area contributed by atoms with Gasteiger partial charge in [-0.15, -0.1) is 0 Å². The Balaban J connectivity index is 1.52. The molecule has 1 heterocycles. The molecule has 0 saturated carbocycles. The molecule has 116 valence electrons. The molecule has 1 saturated heterocycles. The first-order chi connectivity index (χ1) is 10.3. The maximum atomic E-state index is 11.8. The number of ether oxygens (including phenoxy) is 2. The number of benzene rings is 1. The van der Waals surface area contributed by atoms with Gasteiger partial charge in [0.15, 0.2) is 0 Å². The molecule has 1 fully saturated rings. The third kappa shape index (κ3) is 5.27. The summed E-state index contributed by atoms with van der Waals surface area (Å²) in [7, 11) is 1.64. The number of nitrogens with one attached hydrogen (secondary N) is 1. The van der Waals surface area contributed by atoms with Gasteiger partial charge in [-0.3, -0.25) is 4.79 Å². The molecule has 0 aromatic heterocycles. The van der Waals surface area contributed by atoms with E-state index in [-0.39, 0.29) is 5.91 Å². The highest BCUT2D eigenvalue weighted by molar-refractivity contribution is 5.76. The molecule has 0 aliphatic carbocycles. The van der Waals surface area contributed by atoms with Crippen molar-refractivity contribution in [3.8, 4) is 11.5 Å². The van der Waals surface area contributed by atoms with Gasteiger partial charge >= 0.3 is 0 Å². The first-order valence-corrected chi connectivity index (χ1v) is 7.55. The van der Waals surface area contributed by atoms with Crippen molar-refractivity contribution in [1.82, 2.24) is 10.2 Å². The predicted octanol–water partition coefficient (Wildman–Crippen LogP) is 1.68. The number of amides is 1. The van der Waals surface area contributed by atoms with Crippen molar-refractivity contribution in [2.24, 2.45) is 0 Å². The lowest BCUT2D eigenvalue weighted by atomic mass is 10.3. The van der Waals surface area contributed by atoms with E-state index in [4.69, 9.17) is 9.47 Å². The fourth-order valence-corrected chi connectivity index (χ4v) is 2.36. The van der Waals surface area contributed by atoms with Crippen molar-refractivity contribution >= 4 is 5.91 Å². The molecule has 1 aromatic carbocycles. The number of hydrogen-bond acceptors (Lipinski definition) is 4. The first-order valence-electron chi connectivity index (χ1n) is 7.55. The largest absolute Gasteiger partial charge is 0.497 e. The van der Waals surface area contributed by atoms with Crippen LogP contribution in [-0.4, -0.2) is 50.7 Å². The van der Waals surface area contributed by atoms with Gasteiger partial charge in [-0.05, 0) is 37.1 Å². The molecule has 0 atom stereocenters. The molecule has 1 amide bonds. The fraction of sp³-hybridized carbons (Fsp3) is 0.562. The van der Waals surface area contributed by atoms with Gasteiger partial charge in [-0.1, -0.05) is 0 Å². The number of carbonyl (C=O) groups is 1. The third-order valence-corrected chi connectivity index (χ3v) is 3.58. The van der Waals surface area contributed by atoms with Crippen LogP contribution in [0.1, 0.15) is 19.3 Å². The Morgan fingerprint density at radius 2 is 1.81 bits per heavy atom. The molecule has 0 bridgehead atoms. The van der Waals surface area contributed by atoms with E-state index in [1.807, 2.05) is 29.2 Å². The minimum Gasteiger partial charge on any atom is -0.497 e. The number of hydrogen-bond donors (Lipinski definition) is 1. The van der Waals surface area contributed by atoms with E-state index in [1.54, 1.807) is 7.11 Å². The lowest BCUT2D eigenvalue weighted by molar-refractivity contribution is -0.130. The minimum atomic E-state index is 0.260. The smallest absolute Gasteiger partial charge is 0.223 e. The number of methoxy groups -OCH3 is 1. The van der Waals surface area contributed by atoms with Crippen LogP contribution in [0.5, 0.6) is 11.5 Å². The Morgan fingerprint density at radius 3 is 2.48 bits per heavy atom. The topological polar surface area (TPSA) is 50.8 Å². The second-order valence-corrected chi connectivity index (χ2v) is 5.11. The second-order valence-electron chi connectivity index (χ2n) is 5.11. The van der Waals surface area contributed by atoms with E-state index < -0.39 is 0 Å². The standard InChI is InChI=1S/C16H24N2O3/c1-20-14-4-6-15(7-5-14)21-13-10-17-9-8-16(19)18-11-2-3-12-18/h4-7,17H,2-3,8-13H2,1H3. The number of carbonyl (C=O) groups excluding carboxylic acids is 1. The zero-order valence-corrected chi connectivity index (χ0v) is 12.6. The van der Waals surface area contributed by atoms with Crippen LogP contribution < -0.4 is 14.8 Å². The summed E-state index contributed by atoms with van der Waals surface area (Å²) in [6.45, 7) is 3.89. The summed E-state index contributed by atoms with van der Waals surface area (Å²) in [5.41, 5.74) is 0. The Kier molecular flexibility index (Phi) is 6.34. The van der Waals surface area contributed by atoms with Gasteiger partial charge in [-0.2, -0.15) is 0 Å². The third-order valence-electron chi connectivity index (χ3n) is 3.58. The maximum absolute atomic E-state index is 11.8. The summed E-state index contributed by atoms with van der Waals surface area (Å²) in [6, 6.07) is 7.51. The van der Waals surface area contributed by atoms with Crippen LogP contribution in [0.25, 0.3) is 0 Å². The zero-order chi connectivity index (χ0) is 14.9. The minimum absolute atomic E-state index is 0.260. The number of nitrogens with zero attached hydrogens (tertiary/aromatic N) is 1. The predicted molar refractivity (Wildman–Crippen MR) is 81.8 cm³/mol. The van der Waals surface area contributed by atoms with Crippen LogP contribution in [-0.2, 0) is 4.79 Å². The van der Waals surface area contributed by atoms with Crippen molar-refractivity contribution < 1.29 is 14.3 Å². The second kappa shape index (κ2) is 8.52. The van der Waals surface area contributed by atoms with E-state index in [9.17, 15) is 4.79 Å². The van der Waals surface area contributed by atoms with Gasteiger partial charge in [0.05, 0.1) is 7.11 Å². The Bertz CT molecular complexity index is 428. The molecule has 0 spiro atoms. The highest BCUT2D eigenvalue weighted by Crippen LogP contribution is 2.16. The van der Waals surface area contributed by atoms with Gasteiger partial charge in [0, 0.05) is 32.6 Å². The van der Waals surface area contributed by atoms with Crippen LogP contribution in [0.2, 0.25) is 0 Å². The van der Waals surface area contributed by atoms with E-state index in [0.717, 1.165) is 44.0 Å². The van der Waals surface area contributed by atoms with Crippen LogP contribution in [0.3, 0.4) is 0 Å². The molecular formula is C16H24N2O3. The normalized spacial score (nSPS) is 14.2. The summed E-state index contributed by atoms with van der Waals surface area (Å²) in [6.07, 6.45) is 2.87. The zero-order valence-electron chi connectivity index (χ0n) is 12.6. The van der Waals surface area contributed by atoms with E-state index in [1.165, 1.54) is 0 Å². The van der Waals surface area contributed by atoms with Gasteiger partial charge in [0.25, 0.3) is 0 Å². The molecule has 1 aliphatic rings. The van der Waals surface area contributed by atoms with Gasteiger partial charge in [0.2, 0.25) is 5.91 Å². The van der Waals surface area contributed by atoms with Crippen molar-refractivity contribution in [2.75, 3.05) is 39.9 Å². The fourth-order valence-electron chi connectivity index (χ4n) is 2.36. The van der Waals surface area contributed by atoms with E-state index >= 15 is 0 Å². The van der Waals surface area contributed by atoms with Crippen LogP contribution in [0, 0.1) is 0 Å². The van der Waals surface area contributed by atoms with Crippen LogP contribution >= 0.6 is 0 Å².